The van der Waals surface area contributed by atoms with Gasteiger partial charge in [0.2, 0.25) is 0 Å². The molecule has 2 aromatic carbocycles. The molecule has 0 spiro atoms. The number of hydrogen-bond acceptors (Lipinski definition) is 4. The molecule has 0 amide bonds. The average molecular weight is 272 g/mol. The number of nitrogens with zero attached hydrogens (tertiary/aromatic N) is 1. The molecule has 0 aliphatic carbocycles. The average Bonchev–Trinajstić information content (AvgIpc) is 3.00. The lowest BCUT2D eigenvalue weighted by atomic mass is 10.0. The van der Waals surface area contributed by atoms with E-state index in [4.69, 9.17) is 20.4 Å². The molecular formula is C15H16N2O3. The third-order valence-corrected chi connectivity index (χ3v) is 3.45. The predicted molar refractivity (Wildman–Crippen MR) is 76.3 cm³/mol. The molecule has 1 saturated heterocycles. The molecule has 5 nitrogen and oxygen atoms in total. The van der Waals surface area contributed by atoms with Gasteiger partial charge in [-0.15, -0.1) is 0 Å². The third kappa shape index (κ3) is 2.28. The first kappa shape index (κ1) is 12.7. The lowest BCUT2D eigenvalue weighted by molar-refractivity contribution is 0.142. The number of amidine groups is 1. The first-order chi connectivity index (χ1) is 9.79. The summed E-state index contributed by atoms with van der Waals surface area (Å²) in [5.74, 6) is 0.891. The molecule has 0 bridgehead atoms. The van der Waals surface area contributed by atoms with Crippen molar-refractivity contribution in [2.45, 2.75) is 12.5 Å². The summed E-state index contributed by atoms with van der Waals surface area (Å²) in [6.07, 6.45) is 0.990. The van der Waals surface area contributed by atoms with Crippen LogP contribution in [0.4, 0.5) is 0 Å². The molecular weight excluding hydrogens is 256 g/mol. The quantitative estimate of drug-likeness (QED) is 0.388. The second-order valence-corrected chi connectivity index (χ2v) is 4.75. The van der Waals surface area contributed by atoms with E-state index in [0.717, 1.165) is 29.5 Å². The van der Waals surface area contributed by atoms with Gasteiger partial charge in [0.1, 0.15) is 11.9 Å². The number of benzene rings is 2. The summed E-state index contributed by atoms with van der Waals surface area (Å²) in [5.41, 5.74) is 6.41. The number of rotatable bonds is 3. The smallest absolute Gasteiger partial charge is 0.170 e. The molecule has 104 valence electrons. The minimum absolute atomic E-state index is 0.0908. The lowest BCUT2D eigenvalue weighted by Crippen LogP contribution is -2.17. The van der Waals surface area contributed by atoms with E-state index in [0.29, 0.717) is 12.2 Å². The van der Waals surface area contributed by atoms with Crippen LogP contribution in [0.5, 0.6) is 5.75 Å². The van der Waals surface area contributed by atoms with Crippen molar-refractivity contribution in [3.05, 3.63) is 42.0 Å². The first-order valence-electron chi connectivity index (χ1n) is 6.53. The molecule has 1 atom stereocenters. The van der Waals surface area contributed by atoms with Crippen LogP contribution in [0.3, 0.4) is 0 Å². The zero-order chi connectivity index (χ0) is 13.9. The van der Waals surface area contributed by atoms with Crippen molar-refractivity contribution < 1.29 is 14.7 Å². The van der Waals surface area contributed by atoms with Gasteiger partial charge in [-0.2, -0.15) is 0 Å². The number of fused-ring (bicyclic) bond motifs is 1. The van der Waals surface area contributed by atoms with Crippen molar-refractivity contribution in [3.8, 4) is 5.75 Å². The van der Waals surface area contributed by atoms with E-state index < -0.39 is 0 Å². The van der Waals surface area contributed by atoms with Gasteiger partial charge in [-0.05, 0) is 17.5 Å². The van der Waals surface area contributed by atoms with Gasteiger partial charge in [0.15, 0.2) is 5.84 Å². The molecule has 0 saturated carbocycles. The fraction of sp³-hybridized carbons (Fsp3) is 0.267. The monoisotopic (exact) mass is 272 g/mol. The second-order valence-electron chi connectivity index (χ2n) is 4.75. The lowest BCUT2D eigenvalue weighted by Gasteiger charge is -2.15. The van der Waals surface area contributed by atoms with E-state index in [-0.39, 0.29) is 11.9 Å². The minimum Gasteiger partial charge on any atom is -0.487 e. The van der Waals surface area contributed by atoms with Crippen molar-refractivity contribution in [3.63, 3.8) is 0 Å². The maximum absolute atomic E-state index is 8.86. The summed E-state index contributed by atoms with van der Waals surface area (Å²) in [5, 5.41) is 13.8. The number of hydrogen-bond donors (Lipinski definition) is 2. The summed E-state index contributed by atoms with van der Waals surface area (Å²) in [6.45, 7) is 1.36. The van der Waals surface area contributed by atoms with Crippen LogP contribution < -0.4 is 10.5 Å². The first-order valence-corrected chi connectivity index (χ1v) is 6.53. The normalized spacial score (nSPS) is 19.4. The molecule has 1 heterocycles. The highest BCUT2D eigenvalue weighted by Crippen LogP contribution is 2.30. The summed E-state index contributed by atoms with van der Waals surface area (Å²) >= 11 is 0. The van der Waals surface area contributed by atoms with Gasteiger partial charge in [-0.3, -0.25) is 0 Å². The maximum atomic E-state index is 8.86. The Morgan fingerprint density at radius 2 is 2.05 bits per heavy atom. The SMILES string of the molecule is N/C(=N/O)c1ccc(OC2CCOC2)c2ccccc12. The largest absolute Gasteiger partial charge is 0.487 e. The van der Waals surface area contributed by atoms with Gasteiger partial charge >= 0.3 is 0 Å². The molecule has 3 N–H and O–H groups in total. The zero-order valence-electron chi connectivity index (χ0n) is 11.0. The Morgan fingerprint density at radius 1 is 1.25 bits per heavy atom. The van der Waals surface area contributed by atoms with Crippen LogP contribution in [0.1, 0.15) is 12.0 Å². The highest BCUT2D eigenvalue weighted by atomic mass is 16.5. The minimum atomic E-state index is 0.0908. The summed E-state index contributed by atoms with van der Waals surface area (Å²) in [6, 6.07) is 11.4. The van der Waals surface area contributed by atoms with Gasteiger partial charge in [0.05, 0.1) is 13.2 Å². The van der Waals surface area contributed by atoms with Crippen molar-refractivity contribution in [1.82, 2.24) is 0 Å². The molecule has 0 aromatic heterocycles. The Bertz CT molecular complexity index is 649. The zero-order valence-corrected chi connectivity index (χ0v) is 11.0. The maximum Gasteiger partial charge on any atom is 0.170 e. The summed E-state index contributed by atoms with van der Waals surface area (Å²) in [7, 11) is 0. The van der Waals surface area contributed by atoms with E-state index in [9.17, 15) is 0 Å². The number of ether oxygens (including phenoxy) is 2. The van der Waals surface area contributed by atoms with E-state index >= 15 is 0 Å². The second kappa shape index (κ2) is 5.38. The molecule has 1 aliphatic rings. The number of oxime groups is 1. The van der Waals surface area contributed by atoms with Crippen LogP contribution in [0.15, 0.2) is 41.6 Å². The van der Waals surface area contributed by atoms with Crippen LogP contribution in [0.2, 0.25) is 0 Å². The van der Waals surface area contributed by atoms with Crippen LogP contribution in [0.25, 0.3) is 10.8 Å². The third-order valence-electron chi connectivity index (χ3n) is 3.45. The van der Waals surface area contributed by atoms with Crippen molar-refractivity contribution in [2.24, 2.45) is 10.9 Å². The topological polar surface area (TPSA) is 77.1 Å². The van der Waals surface area contributed by atoms with Crippen molar-refractivity contribution >= 4 is 16.6 Å². The standard InChI is InChI=1S/C15H16N2O3/c16-15(17-18)13-5-6-14(20-10-7-8-19-9-10)12-4-2-1-3-11(12)13/h1-6,10,18H,7-9H2,(H2,16,17). The van der Waals surface area contributed by atoms with Crippen LogP contribution in [0, 0.1) is 0 Å². The van der Waals surface area contributed by atoms with Crippen LogP contribution >= 0.6 is 0 Å². The summed E-state index contributed by atoms with van der Waals surface area (Å²) < 4.78 is 11.3. The van der Waals surface area contributed by atoms with Gasteiger partial charge in [0, 0.05) is 17.4 Å². The van der Waals surface area contributed by atoms with E-state index in [1.54, 1.807) is 0 Å². The molecule has 2 aromatic rings. The summed E-state index contributed by atoms with van der Waals surface area (Å²) in [4.78, 5) is 0. The Balaban J connectivity index is 2.06. The van der Waals surface area contributed by atoms with E-state index in [1.165, 1.54) is 0 Å². The Labute approximate surface area is 116 Å². The van der Waals surface area contributed by atoms with Gasteiger partial charge in [0.25, 0.3) is 0 Å². The molecule has 3 rings (SSSR count). The molecule has 5 heteroatoms. The molecule has 1 fully saturated rings. The van der Waals surface area contributed by atoms with Crippen LogP contribution in [-0.2, 0) is 4.74 Å². The molecule has 1 unspecified atom stereocenters. The highest BCUT2D eigenvalue weighted by molar-refractivity contribution is 6.10. The van der Waals surface area contributed by atoms with E-state index in [1.807, 2.05) is 36.4 Å². The molecule has 20 heavy (non-hydrogen) atoms. The van der Waals surface area contributed by atoms with Crippen molar-refractivity contribution in [1.29, 1.82) is 0 Å². The predicted octanol–water partition coefficient (Wildman–Crippen LogP) is 2.10. The fourth-order valence-corrected chi connectivity index (χ4v) is 2.44. The van der Waals surface area contributed by atoms with Gasteiger partial charge in [-0.25, -0.2) is 0 Å². The molecule has 0 radical (unpaired) electrons. The Morgan fingerprint density at radius 3 is 2.75 bits per heavy atom. The molecule has 1 aliphatic heterocycles. The van der Waals surface area contributed by atoms with Gasteiger partial charge in [-0.1, -0.05) is 29.4 Å². The Kier molecular flexibility index (Phi) is 3.43. The van der Waals surface area contributed by atoms with Crippen molar-refractivity contribution in [2.75, 3.05) is 13.2 Å². The van der Waals surface area contributed by atoms with E-state index in [2.05, 4.69) is 5.16 Å². The Hall–Kier alpha value is -2.27. The highest BCUT2D eigenvalue weighted by Gasteiger charge is 2.19. The fourth-order valence-electron chi connectivity index (χ4n) is 2.44. The van der Waals surface area contributed by atoms with Gasteiger partial charge < -0.3 is 20.4 Å². The number of nitrogens with two attached hydrogens (primary N) is 1. The van der Waals surface area contributed by atoms with Crippen LogP contribution in [-0.4, -0.2) is 30.4 Å².